The minimum absolute atomic E-state index is 0.576. The van der Waals surface area contributed by atoms with Crippen LogP contribution in [0.15, 0.2) is 0 Å². The van der Waals surface area contributed by atoms with Gasteiger partial charge in [-0.2, -0.15) is 0 Å². The van der Waals surface area contributed by atoms with Gasteiger partial charge < -0.3 is 5.73 Å². The molecule has 0 aliphatic rings. The van der Waals surface area contributed by atoms with E-state index in [0.29, 0.717) is 6.04 Å². The standard InChI is InChI=1S/C13H30N2/c1-6-12(7-2)13(9-14)15(8-3)10-11(4)5/h11-13H,6-10,14H2,1-5H3. The van der Waals surface area contributed by atoms with Crippen molar-refractivity contribution < 1.29 is 0 Å². The van der Waals surface area contributed by atoms with Crippen molar-refractivity contribution in [1.29, 1.82) is 0 Å². The number of hydrogen-bond acceptors (Lipinski definition) is 2. The van der Waals surface area contributed by atoms with E-state index < -0.39 is 0 Å². The lowest BCUT2D eigenvalue weighted by Crippen LogP contribution is -2.46. The van der Waals surface area contributed by atoms with Crippen molar-refractivity contribution in [2.45, 2.75) is 53.5 Å². The molecule has 0 amide bonds. The number of nitrogens with zero attached hydrogens (tertiary/aromatic N) is 1. The van der Waals surface area contributed by atoms with Crippen LogP contribution < -0.4 is 5.73 Å². The van der Waals surface area contributed by atoms with Crippen LogP contribution in [-0.2, 0) is 0 Å². The number of rotatable bonds is 8. The first-order chi connectivity index (χ1) is 7.10. The Hall–Kier alpha value is -0.0800. The van der Waals surface area contributed by atoms with Gasteiger partial charge in [0, 0.05) is 19.1 Å². The lowest BCUT2D eigenvalue weighted by atomic mass is 9.92. The zero-order valence-electron chi connectivity index (χ0n) is 11.3. The fourth-order valence-electron chi connectivity index (χ4n) is 2.44. The zero-order chi connectivity index (χ0) is 11.8. The summed E-state index contributed by atoms with van der Waals surface area (Å²) in [5, 5.41) is 0. The van der Waals surface area contributed by atoms with Gasteiger partial charge in [-0.25, -0.2) is 0 Å². The molecule has 0 spiro atoms. The molecule has 2 heteroatoms. The van der Waals surface area contributed by atoms with Crippen molar-refractivity contribution in [3.8, 4) is 0 Å². The summed E-state index contributed by atoms with van der Waals surface area (Å²) >= 11 is 0. The molecule has 0 aromatic carbocycles. The van der Waals surface area contributed by atoms with Crippen molar-refractivity contribution in [3.05, 3.63) is 0 Å². The van der Waals surface area contributed by atoms with Crippen molar-refractivity contribution in [3.63, 3.8) is 0 Å². The quantitative estimate of drug-likeness (QED) is 0.673. The van der Waals surface area contributed by atoms with Crippen LogP contribution in [0.5, 0.6) is 0 Å². The smallest absolute Gasteiger partial charge is 0.0246 e. The molecule has 0 radical (unpaired) electrons. The summed E-state index contributed by atoms with van der Waals surface area (Å²) in [6, 6.07) is 0.576. The van der Waals surface area contributed by atoms with Gasteiger partial charge in [0.05, 0.1) is 0 Å². The summed E-state index contributed by atoms with van der Waals surface area (Å²) in [6.45, 7) is 14.5. The third kappa shape index (κ3) is 4.98. The molecule has 0 rings (SSSR count). The highest BCUT2D eigenvalue weighted by molar-refractivity contribution is 4.79. The molecule has 2 N–H and O–H groups in total. The van der Waals surface area contributed by atoms with Gasteiger partial charge >= 0.3 is 0 Å². The Morgan fingerprint density at radius 2 is 1.60 bits per heavy atom. The Bertz CT molecular complexity index is 141. The zero-order valence-corrected chi connectivity index (χ0v) is 11.3. The average molecular weight is 214 g/mol. The van der Waals surface area contributed by atoms with Gasteiger partial charge in [0.15, 0.2) is 0 Å². The lowest BCUT2D eigenvalue weighted by molar-refractivity contribution is 0.131. The fraction of sp³-hybridized carbons (Fsp3) is 1.00. The Morgan fingerprint density at radius 3 is 1.87 bits per heavy atom. The van der Waals surface area contributed by atoms with Crippen LogP contribution >= 0.6 is 0 Å². The molecule has 15 heavy (non-hydrogen) atoms. The van der Waals surface area contributed by atoms with Crippen LogP contribution in [0, 0.1) is 11.8 Å². The summed E-state index contributed by atoms with van der Waals surface area (Å²) in [6.07, 6.45) is 2.49. The van der Waals surface area contributed by atoms with Crippen molar-refractivity contribution in [1.82, 2.24) is 4.90 Å². The van der Waals surface area contributed by atoms with E-state index in [4.69, 9.17) is 5.73 Å². The topological polar surface area (TPSA) is 29.3 Å². The molecule has 0 aromatic rings. The van der Waals surface area contributed by atoms with Gasteiger partial charge in [-0.05, 0) is 18.4 Å². The second kappa shape index (κ2) is 8.12. The maximum absolute atomic E-state index is 5.94. The van der Waals surface area contributed by atoms with Crippen LogP contribution in [0.2, 0.25) is 0 Å². The Kier molecular flexibility index (Phi) is 8.07. The van der Waals surface area contributed by atoms with Gasteiger partial charge in [0.1, 0.15) is 0 Å². The normalized spacial score (nSPS) is 14.2. The fourth-order valence-corrected chi connectivity index (χ4v) is 2.44. The molecule has 0 aromatic heterocycles. The van der Waals surface area contributed by atoms with Gasteiger partial charge in [0.2, 0.25) is 0 Å². The molecule has 1 atom stereocenters. The van der Waals surface area contributed by atoms with E-state index in [1.807, 2.05) is 0 Å². The predicted octanol–water partition coefficient (Wildman–Crippen LogP) is 2.73. The molecule has 2 nitrogen and oxygen atoms in total. The first kappa shape index (κ1) is 14.9. The summed E-state index contributed by atoms with van der Waals surface area (Å²) in [5.74, 6) is 1.49. The molecule has 92 valence electrons. The number of hydrogen-bond donors (Lipinski definition) is 1. The molecule has 0 fully saturated rings. The Balaban J connectivity index is 4.43. The van der Waals surface area contributed by atoms with Crippen LogP contribution in [0.4, 0.5) is 0 Å². The van der Waals surface area contributed by atoms with Crippen LogP contribution in [0.3, 0.4) is 0 Å². The molecular formula is C13H30N2. The minimum atomic E-state index is 0.576. The van der Waals surface area contributed by atoms with Crippen LogP contribution in [0.25, 0.3) is 0 Å². The summed E-state index contributed by atoms with van der Waals surface area (Å²) < 4.78 is 0. The van der Waals surface area contributed by atoms with E-state index in [-0.39, 0.29) is 0 Å². The summed E-state index contributed by atoms with van der Waals surface area (Å²) in [5.41, 5.74) is 5.94. The average Bonchev–Trinajstić information content (AvgIpc) is 2.22. The minimum Gasteiger partial charge on any atom is -0.329 e. The van der Waals surface area contributed by atoms with E-state index in [9.17, 15) is 0 Å². The molecule has 0 saturated carbocycles. The van der Waals surface area contributed by atoms with Gasteiger partial charge in [-0.3, -0.25) is 4.90 Å². The molecule has 0 heterocycles. The monoisotopic (exact) mass is 214 g/mol. The highest BCUT2D eigenvalue weighted by Crippen LogP contribution is 2.18. The van der Waals surface area contributed by atoms with Crippen LogP contribution in [0.1, 0.15) is 47.5 Å². The van der Waals surface area contributed by atoms with E-state index in [2.05, 4.69) is 39.5 Å². The highest BCUT2D eigenvalue weighted by atomic mass is 15.2. The van der Waals surface area contributed by atoms with Gasteiger partial charge in [-0.15, -0.1) is 0 Å². The van der Waals surface area contributed by atoms with Gasteiger partial charge in [-0.1, -0.05) is 47.5 Å². The van der Waals surface area contributed by atoms with Crippen molar-refractivity contribution in [2.24, 2.45) is 17.6 Å². The lowest BCUT2D eigenvalue weighted by Gasteiger charge is -2.36. The molecule has 0 aliphatic heterocycles. The number of likely N-dealkylation sites (N-methyl/N-ethyl adjacent to an activating group) is 1. The van der Waals surface area contributed by atoms with Crippen molar-refractivity contribution in [2.75, 3.05) is 19.6 Å². The number of nitrogens with two attached hydrogens (primary N) is 1. The first-order valence-corrected chi connectivity index (χ1v) is 6.54. The molecular weight excluding hydrogens is 184 g/mol. The molecule has 0 saturated heterocycles. The molecule has 0 bridgehead atoms. The Labute approximate surface area is 96.2 Å². The van der Waals surface area contributed by atoms with E-state index in [1.54, 1.807) is 0 Å². The summed E-state index contributed by atoms with van der Waals surface area (Å²) in [7, 11) is 0. The third-order valence-electron chi connectivity index (χ3n) is 3.31. The largest absolute Gasteiger partial charge is 0.329 e. The molecule has 0 aliphatic carbocycles. The van der Waals surface area contributed by atoms with E-state index >= 15 is 0 Å². The predicted molar refractivity (Wildman–Crippen MR) is 69.0 cm³/mol. The maximum atomic E-state index is 5.94. The van der Waals surface area contributed by atoms with Gasteiger partial charge in [0.25, 0.3) is 0 Å². The third-order valence-corrected chi connectivity index (χ3v) is 3.31. The van der Waals surface area contributed by atoms with E-state index in [1.165, 1.54) is 19.4 Å². The highest BCUT2D eigenvalue weighted by Gasteiger charge is 2.23. The summed E-state index contributed by atoms with van der Waals surface area (Å²) in [4.78, 5) is 2.56. The second-order valence-corrected chi connectivity index (χ2v) is 4.86. The Morgan fingerprint density at radius 1 is 1.07 bits per heavy atom. The second-order valence-electron chi connectivity index (χ2n) is 4.86. The SMILES string of the molecule is CCC(CC)C(CN)N(CC)CC(C)C. The van der Waals surface area contributed by atoms with Crippen LogP contribution in [-0.4, -0.2) is 30.6 Å². The first-order valence-electron chi connectivity index (χ1n) is 6.54. The van der Waals surface area contributed by atoms with E-state index in [0.717, 1.165) is 24.9 Å². The maximum Gasteiger partial charge on any atom is 0.0246 e. The van der Waals surface area contributed by atoms with Crippen molar-refractivity contribution >= 4 is 0 Å². The molecule has 1 unspecified atom stereocenters.